The van der Waals surface area contributed by atoms with Gasteiger partial charge in [-0.2, -0.15) is 10.2 Å². The first kappa shape index (κ1) is 16.5. The molecule has 0 bridgehead atoms. The SMILES string of the molecule is Nc1nc2ccccc2c2cn(CCNC3(c4cc[nH]n4)C=CC=CN3)nc12. The van der Waals surface area contributed by atoms with Crippen LogP contribution in [0.4, 0.5) is 5.82 Å². The van der Waals surface area contributed by atoms with Crippen LogP contribution in [0.5, 0.6) is 0 Å². The number of nitrogens with zero attached hydrogens (tertiary/aromatic N) is 4. The summed E-state index contributed by atoms with van der Waals surface area (Å²) >= 11 is 0. The predicted molar refractivity (Wildman–Crippen MR) is 109 cm³/mol. The van der Waals surface area contributed by atoms with Gasteiger partial charge in [-0.05, 0) is 30.5 Å². The molecule has 0 aliphatic carbocycles. The minimum atomic E-state index is -0.547. The predicted octanol–water partition coefficient (Wildman–Crippen LogP) is 2.01. The standard InChI is InChI=1S/C20H20N8/c21-19-18-15(14-5-1-2-6-16(14)25-19)13-28(27-18)12-11-23-20(8-3-4-9-22-20)17-7-10-24-26-17/h1-10,13,22-23H,11-12H2,(H2,21,25)(H,24,26). The van der Waals surface area contributed by atoms with Crippen LogP contribution in [-0.2, 0) is 12.2 Å². The molecular weight excluding hydrogens is 352 g/mol. The fraction of sp³-hybridized carbons (Fsp3) is 0.150. The van der Waals surface area contributed by atoms with E-state index in [1.165, 1.54) is 0 Å². The minimum absolute atomic E-state index is 0.454. The molecule has 28 heavy (non-hydrogen) atoms. The number of pyridine rings is 1. The number of hydrogen-bond donors (Lipinski definition) is 4. The Kier molecular flexibility index (Phi) is 3.84. The second kappa shape index (κ2) is 6.50. The van der Waals surface area contributed by atoms with E-state index in [0.717, 1.165) is 27.5 Å². The summed E-state index contributed by atoms with van der Waals surface area (Å²) in [7, 11) is 0. The number of anilines is 1. The zero-order valence-corrected chi connectivity index (χ0v) is 15.1. The Morgan fingerprint density at radius 1 is 1.14 bits per heavy atom. The Bertz CT molecular complexity index is 1190. The van der Waals surface area contributed by atoms with Crippen molar-refractivity contribution in [3.8, 4) is 0 Å². The second-order valence-corrected chi connectivity index (χ2v) is 6.73. The van der Waals surface area contributed by atoms with Gasteiger partial charge in [-0.1, -0.05) is 24.3 Å². The second-order valence-electron chi connectivity index (χ2n) is 6.73. The molecular formula is C20H20N8. The largest absolute Gasteiger partial charge is 0.382 e. The third kappa shape index (κ3) is 2.71. The maximum atomic E-state index is 6.13. The molecule has 1 atom stereocenters. The van der Waals surface area contributed by atoms with Crippen LogP contribution >= 0.6 is 0 Å². The average Bonchev–Trinajstić information content (AvgIpc) is 3.40. The average molecular weight is 372 g/mol. The van der Waals surface area contributed by atoms with E-state index in [0.29, 0.717) is 18.9 Å². The molecule has 1 aliphatic heterocycles. The molecule has 4 heterocycles. The Morgan fingerprint density at radius 3 is 2.89 bits per heavy atom. The zero-order valence-electron chi connectivity index (χ0n) is 15.1. The molecule has 4 aromatic rings. The highest BCUT2D eigenvalue weighted by Gasteiger charge is 2.30. The highest BCUT2D eigenvalue weighted by atomic mass is 15.3. The molecule has 5 N–H and O–H groups in total. The first-order chi connectivity index (χ1) is 13.8. The normalized spacial score (nSPS) is 18.7. The van der Waals surface area contributed by atoms with Crippen LogP contribution in [0.1, 0.15) is 5.69 Å². The summed E-state index contributed by atoms with van der Waals surface area (Å²) in [5.41, 5.74) is 8.07. The van der Waals surface area contributed by atoms with E-state index in [-0.39, 0.29) is 0 Å². The molecule has 3 aromatic heterocycles. The Labute approximate surface area is 161 Å². The van der Waals surface area contributed by atoms with Gasteiger partial charge in [0.25, 0.3) is 0 Å². The van der Waals surface area contributed by atoms with Crippen LogP contribution in [0.3, 0.4) is 0 Å². The number of nitrogens with two attached hydrogens (primary N) is 1. The summed E-state index contributed by atoms with van der Waals surface area (Å²) in [5, 5.41) is 20.8. The van der Waals surface area contributed by atoms with Crippen LogP contribution in [0.2, 0.25) is 0 Å². The Balaban J connectivity index is 1.40. The smallest absolute Gasteiger partial charge is 0.153 e. The molecule has 5 rings (SSSR count). The fourth-order valence-corrected chi connectivity index (χ4v) is 3.59. The van der Waals surface area contributed by atoms with Crippen LogP contribution in [0.25, 0.3) is 21.8 Å². The molecule has 1 unspecified atom stereocenters. The minimum Gasteiger partial charge on any atom is -0.382 e. The summed E-state index contributed by atoms with van der Waals surface area (Å²) in [4.78, 5) is 4.46. The number of nitrogen functional groups attached to an aromatic ring is 1. The molecule has 0 radical (unpaired) electrons. The number of fused-ring (bicyclic) bond motifs is 3. The van der Waals surface area contributed by atoms with E-state index in [9.17, 15) is 0 Å². The van der Waals surface area contributed by atoms with E-state index in [2.05, 4.69) is 37.0 Å². The number of aromatic amines is 1. The number of para-hydroxylation sites is 1. The van der Waals surface area contributed by atoms with Crippen LogP contribution in [0, 0.1) is 0 Å². The molecule has 0 saturated heterocycles. The number of aromatic nitrogens is 5. The van der Waals surface area contributed by atoms with Gasteiger partial charge in [0.15, 0.2) is 11.5 Å². The van der Waals surface area contributed by atoms with Crippen molar-refractivity contribution in [3.05, 3.63) is 72.8 Å². The molecule has 8 heteroatoms. The monoisotopic (exact) mass is 372 g/mol. The molecule has 1 aromatic carbocycles. The molecule has 140 valence electrons. The van der Waals surface area contributed by atoms with Crippen molar-refractivity contribution >= 4 is 27.6 Å². The molecule has 0 spiro atoms. The van der Waals surface area contributed by atoms with E-state index in [4.69, 9.17) is 5.73 Å². The lowest BCUT2D eigenvalue weighted by Crippen LogP contribution is -2.52. The van der Waals surface area contributed by atoms with E-state index >= 15 is 0 Å². The van der Waals surface area contributed by atoms with Gasteiger partial charge in [0.2, 0.25) is 0 Å². The van der Waals surface area contributed by atoms with Crippen LogP contribution in [-0.4, -0.2) is 31.5 Å². The number of allylic oxidation sites excluding steroid dienone is 2. The van der Waals surface area contributed by atoms with E-state index in [1.807, 2.05) is 65.8 Å². The van der Waals surface area contributed by atoms with Gasteiger partial charge >= 0.3 is 0 Å². The number of benzene rings is 1. The number of H-pyrrole nitrogens is 1. The van der Waals surface area contributed by atoms with Crippen LogP contribution < -0.4 is 16.4 Å². The maximum Gasteiger partial charge on any atom is 0.153 e. The summed E-state index contributed by atoms with van der Waals surface area (Å²) in [6.07, 6.45) is 11.8. The van der Waals surface area contributed by atoms with Gasteiger partial charge < -0.3 is 11.1 Å². The third-order valence-electron chi connectivity index (χ3n) is 4.95. The van der Waals surface area contributed by atoms with Crippen molar-refractivity contribution in [1.29, 1.82) is 0 Å². The van der Waals surface area contributed by atoms with Gasteiger partial charge in [-0.25, -0.2) is 4.98 Å². The quantitative estimate of drug-likeness (QED) is 0.427. The number of nitrogens with one attached hydrogen (secondary N) is 3. The van der Waals surface area contributed by atoms with E-state index < -0.39 is 5.66 Å². The maximum absolute atomic E-state index is 6.13. The van der Waals surface area contributed by atoms with Gasteiger partial charge in [0.05, 0.1) is 12.1 Å². The van der Waals surface area contributed by atoms with Gasteiger partial charge in [-0.3, -0.25) is 15.1 Å². The summed E-state index contributed by atoms with van der Waals surface area (Å²) in [5.74, 6) is 0.454. The number of dihydropyridines is 1. The first-order valence-electron chi connectivity index (χ1n) is 9.14. The molecule has 0 amide bonds. The van der Waals surface area contributed by atoms with Crippen molar-refractivity contribution in [2.45, 2.75) is 12.2 Å². The molecule has 0 fully saturated rings. The van der Waals surface area contributed by atoms with Crippen molar-refractivity contribution in [3.63, 3.8) is 0 Å². The topological polar surface area (TPSA) is 109 Å². The highest BCUT2D eigenvalue weighted by molar-refractivity contribution is 6.07. The van der Waals surface area contributed by atoms with Crippen LogP contribution in [0.15, 0.2) is 67.2 Å². The van der Waals surface area contributed by atoms with Gasteiger partial charge in [0.1, 0.15) is 11.2 Å². The fourth-order valence-electron chi connectivity index (χ4n) is 3.59. The summed E-state index contributed by atoms with van der Waals surface area (Å²) < 4.78 is 1.91. The molecule has 0 saturated carbocycles. The third-order valence-corrected chi connectivity index (χ3v) is 4.95. The Morgan fingerprint density at radius 2 is 2.07 bits per heavy atom. The van der Waals surface area contributed by atoms with Crippen molar-refractivity contribution in [2.24, 2.45) is 0 Å². The molecule has 8 nitrogen and oxygen atoms in total. The van der Waals surface area contributed by atoms with E-state index in [1.54, 1.807) is 0 Å². The van der Waals surface area contributed by atoms with Gasteiger partial charge in [0, 0.05) is 29.7 Å². The number of hydrogen-bond acceptors (Lipinski definition) is 6. The first-order valence-corrected chi connectivity index (χ1v) is 9.14. The lowest BCUT2D eigenvalue weighted by atomic mass is 10.0. The molecule has 1 aliphatic rings. The zero-order chi connectivity index (χ0) is 19.0. The Hall–Kier alpha value is -3.65. The number of rotatable bonds is 5. The summed E-state index contributed by atoms with van der Waals surface area (Å²) in [6, 6.07) is 9.92. The lowest BCUT2D eigenvalue weighted by Gasteiger charge is -2.32. The lowest BCUT2D eigenvalue weighted by molar-refractivity contribution is 0.347. The van der Waals surface area contributed by atoms with Crippen molar-refractivity contribution in [1.82, 2.24) is 35.6 Å². The van der Waals surface area contributed by atoms with Crippen molar-refractivity contribution in [2.75, 3.05) is 12.3 Å². The highest BCUT2D eigenvalue weighted by Crippen LogP contribution is 2.26. The van der Waals surface area contributed by atoms with Crippen molar-refractivity contribution < 1.29 is 0 Å². The summed E-state index contributed by atoms with van der Waals surface area (Å²) in [6.45, 7) is 1.35. The van der Waals surface area contributed by atoms with Gasteiger partial charge in [-0.15, -0.1) is 0 Å².